The third-order valence-electron chi connectivity index (χ3n) is 20.7. The Morgan fingerprint density at radius 1 is 0.428 bits per heavy atom. The molecule has 1 aliphatic carbocycles. The van der Waals surface area contributed by atoms with Crippen molar-refractivity contribution in [3.05, 3.63) is 402 Å². The van der Waals surface area contributed by atoms with Crippen LogP contribution in [0.5, 0.6) is 5.75 Å². The van der Waals surface area contributed by atoms with E-state index in [2.05, 4.69) is 206 Å². The number of aromatic carboxylic acids is 1. The number of aliphatic hydroxyl groups excluding tert-OH is 3. The van der Waals surface area contributed by atoms with Crippen molar-refractivity contribution < 1.29 is 158 Å². The van der Waals surface area contributed by atoms with Gasteiger partial charge in [0.25, 0.3) is 0 Å². The van der Waals surface area contributed by atoms with E-state index in [9.17, 15) is 32.3 Å². The fourth-order valence-electron chi connectivity index (χ4n) is 14.4. The Bertz CT molecular complexity index is 6880. The van der Waals surface area contributed by atoms with Crippen LogP contribution < -0.4 is 4.74 Å². The van der Waals surface area contributed by atoms with Crippen molar-refractivity contribution in [2.75, 3.05) is 7.11 Å². The first kappa shape index (κ1) is 116. The number of carbonyl (C=O) groups is 4. The second kappa shape index (κ2) is 58.5. The van der Waals surface area contributed by atoms with E-state index >= 15 is 0 Å². The summed E-state index contributed by atoms with van der Waals surface area (Å²) in [5, 5.41) is 41.4. The van der Waals surface area contributed by atoms with E-state index in [0.29, 0.717) is 22.7 Å². The van der Waals surface area contributed by atoms with E-state index in [0.717, 1.165) is 124 Å². The zero-order chi connectivity index (χ0) is 95.5. The molecule has 0 atom stereocenters. The molecule has 0 saturated heterocycles. The molecule has 1 saturated carbocycles. The number of nitrogens with zero attached hydrogens (tertiary/aromatic N) is 6. The summed E-state index contributed by atoms with van der Waals surface area (Å²) < 4.78 is 43.9. The van der Waals surface area contributed by atoms with Crippen LogP contribution in [-0.4, -0.2) is 80.8 Å². The van der Waals surface area contributed by atoms with Gasteiger partial charge in [0.1, 0.15) is 11.4 Å². The van der Waals surface area contributed by atoms with Gasteiger partial charge in [0.2, 0.25) is 0 Å². The van der Waals surface area contributed by atoms with E-state index in [1.807, 2.05) is 121 Å². The van der Waals surface area contributed by atoms with Crippen LogP contribution in [0.2, 0.25) is 0 Å². The van der Waals surface area contributed by atoms with Crippen LogP contribution in [0.1, 0.15) is 150 Å². The number of aryl methyl sites for hydroxylation is 3. The second-order valence-corrected chi connectivity index (χ2v) is 31.9. The number of hydrogen-bond acceptors (Lipinski definition) is 14. The third kappa shape index (κ3) is 37.0. The molecule has 6 heterocycles. The minimum Gasteiger partial charge on any atom is -0.512 e. The summed E-state index contributed by atoms with van der Waals surface area (Å²) in [5.41, 5.74) is 19.0. The molecule has 0 amide bonds. The number of para-hydroxylation sites is 4. The Kier molecular flexibility index (Phi) is 49.3. The Morgan fingerprint density at radius 2 is 0.891 bits per heavy atom. The number of carbonyl (C=O) groups excluding carboxylic acids is 3. The number of aromatic nitrogens is 6. The number of methoxy groups -OCH3 is 1. The molecule has 5 radical (unpaired) electrons. The molecule has 1 aliphatic rings. The number of aliphatic hydroxyl groups is 3. The zero-order valence-electron chi connectivity index (χ0n) is 78.2. The maximum absolute atomic E-state index is 12.9. The first-order chi connectivity index (χ1) is 63.9. The predicted molar refractivity (Wildman–Crippen MR) is 530 cm³/mol. The number of carboxylic acid groups (broad SMARTS) is 1. The Morgan fingerprint density at radius 3 is 1.36 bits per heavy atom. The molecule has 4 N–H and O–H groups in total. The summed E-state index contributed by atoms with van der Waals surface area (Å²) in [6.07, 6.45) is 8.43. The summed E-state index contributed by atoms with van der Waals surface area (Å²) in [4.78, 5) is 67.3. The van der Waals surface area contributed by atoms with Gasteiger partial charge in [-0.2, -0.15) is 13.2 Å². The van der Waals surface area contributed by atoms with E-state index < -0.39 is 17.7 Å². The van der Waals surface area contributed by atoms with Crippen molar-refractivity contribution in [1.29, 1.82) is 0 Å². The molecule has 23 heteroatoms. The van der Waals surface area contributed by atoms with Crippen molar-refractivity contribution in [2.45, 2.75) is 133 Å². The second-order valence-electron chi connectivity index (χ2n) is 31.9. The number of carboxylic acids is 1. The Labute approximate surface area is 873 Å². The molecule has 0 aliphatic heterocycles. The van der Waals surface area contributed by atoms with Crippen LogP contribution in [0.15, 0.2) is 333 Å². The maximum atomic E-state index is 12.9. The molecule has 6 aromatic heterocycles. The molecule has 138 heavy (non-hydrogen) atoms. The quantitative estimate of drug-likeness (QED) is 0.0477. The van der Waals surface area contributed by atoms with Crippen LogP contribution in [0.25, 0.3) is 122 Å². The number of rotatable bonds is 13. The predicted octanol–water partition coefficient (Wildman–Crippen LogP) is 28.9. The molecule has 11 aromatic carbocycles. The average Bonchev–Trinajstić information content (AvgIpc) is 0.789. The van der Waals surface area contributed by atoms with Gasteiger partial charge in [0, 0.05) is 125 Å². The zero-order valence-corrected chi connectivity index (χ0v) is 90.2. The molecule has 721 valence electrons. The van der Waals surface area contributed by atoms with E-state index in [-0.39, 0.29) is 141 Å². The minimum absolute atomic E-state index is 0. The van der Waals surface area contributed by atoms with Gasteiger partial charge in [0.15, 0.2) is 17.3 Å². The third-order valence-corrected chi connectivity index (χ3v) is 20.7. The summed E-state index contributed by atoms with van der Waals surface area (Å²) >= 11 is 0. The maximum Gasteiger partial charge on any atom is 0.399 e. The first-order valence-corrected chi connectivity index (χ1v) is 43.6. The van der Waals surface area contributed by atoms with Gasteiger partial charge in [-0.1, -0.05) is 216 Å². The van der Waals surface area contributed by atoms with Gasteiger partial charge < -0.3 is 25.2 Å². The van der Waals surface area contributed by atoms with Crippen LogP contribution in [0.4, 0.5) is 13.2 Å². The van der Waals surface area contributed by atoms with Crippen molar-refractivity contribution in [3.63, 3.8) is 0 Å². The number of hydrogen-bond donors (Lipinski definition) is 4. The largest absolute Gasteiger partial charge is 0.512 e. The van der Waals surface area contributed by atoms with Crippen molar-refractivity contribution in [3.8, 4) is 62.0 Å². The summed E-state index contributed by atoms with van der Waals surface area (Å²) in [5.74, 6) is 0.872. The van der Waals surface area contributed by atoms with Crippen LogP contribution in [-0.2, 0) is 128 Å². The minimum atomic E-state index is -4.41. The fourth-order valence-corrected chi connectivity index (χ4v) is 14.4. The number of fused-ring (bicyclic) bond motifs is 6. The Balaban J connectivity index is 0.000000281. The molecule has 0 bridgehead atoms. The molecular formula is C115H106F3Ir5N6O9-5. The SMILES string of the molecule is CC(=O)C=C(C)O.CC(=O)C=C(C)O.CC(=O)C=C(C)O.CCc1cc[c-]c(-c2ccc3ccccc3n2)c1.COc1ccc2cc(-c3ccc4ccccc4n3)[c-]cc2c1.Cc1[c-]c(-c2nc3ccccc3cc2C(C)C)ccc1.Cc1cc(-c2ccc3ccccc3n2)[c-]c(C(F)(F)F)c1.O=C(O)c1ccccn1.[Ir].[Ir].[Ir].[Ir].[Ir].[c-]1ccccc1-c1ccc2cc(C3CCCCC3)ccc2n1. The molecule has 0 spiro atoms. The number of benzene rings is 11. The molecular weight excluding hydrogens is 2630 g/mol. The molecule has 1 fully saturated rings. The van der Waals surface area contributed by atoms with Gasteiger partial charge in [0.05, 0.1) is 52.0 Å². The number of ether oxygens (including phenoxy) is 1. The van der Waals surface area contributed by atoms with Crippen LogP contribution in [0.3, 0.4) is 0 Å². The van der Waals surface area contributed by atoms with E-state index in [1.165, 1.54) is 137 Å². The topological polar surface area (TPSA) is 236 Å². The smallest absolute Gasteiger partial charge is 0.399 e. The molecule has 18 rings (SSSR count). The van der Waals surface area contributed by atoms with E-state index in [4.69, 9.17) is 40.1 Å². The Hall–Kier alpha value is -12.2. The van der Waals surface area contributed by atoms with Gasteiger partial charge >= 0.3 is 12.1 Å². The number of halogens is 3. The fraction of sp³-hybridized carbons (Fsp3) is 0.183. The van der Waals surface area contributed by atoms with Crippen LogP contribution in [0, 0.1) is 44.2 Å². The van der Waals surface area contributed by atoms with Gasteiger partial charge in [-0.25, -0.2) is 9.78 Å². The summed E-state index contributed by atoms with van der Waals surface area (Å²) in [6, 6.07) is 111. The number of alkyl halides is 3. The van der Waals surface area contributed by atoms with Gasteiger partial charge in [-0.05, 0) is 194 Å². The number of ketones is 3. The molecule has 15 nitrogen and oxygen atoms in total. The molecule has 0 unspecified atom stereocenters. The normalized spacial score (nSPS) is 11.4. The molecule has 17 aromatic rings. The summed E-state index contributed by atoms with van der Waals surface area (Å²) in [7, 11) is 1.68. The van der Waals surface area contributed by atoms with Crippen LogP contribution >= 0.6 is 0 Å². The van der Waals surface area contributed by atoms with Crippen molar-refractivity contribution >= 4 is 88.6 Å². The van der Waals surface area contributed by atoms with Crippen molar-refractivity contribution in [2.24, 2.45) is 0 Å². The first-order valence-electron chi connectivity index (χ1n) is 43.6. The van der Waals surface area contributed by atoms with Gasteiger partial charge in [-0.15, -0.1) is 165 Å². The standard InChI is InChI=1S/C21H20N.C20H14NO.C19H18N.C17H11F3N.C17H14N.C6H5NO2.3C5H8O2.5Ir/c1-3-7-16(8-4-1)18-11-13-21-19(15-18)12-14-20(22-21)17-9-5-2-6-10-17;1-22-18-10-8-15-12-17(7-6-16(15)13-18)20-11-9-14-4-2-3-5-19(14)21-20;1-13(2)17-12-15-8-4-5-10-18(15)20-19(17)16-9-6-7-14(3)11-16;1-11-8-13(10-14(9-11)17(18,19)20)16-7-6-12-4-2-3-5-15(12)21-16;1-2-13-6-5-8-15(12-13)17-11-10-14-7-3-4-9-16(14)18-17;8-6(9)5-3-1-2-4-7-5;3*1-4(6)3-5(2)7;;;;;/h2,5-6,9,11-16H,1,3-4,7-8H2;2-6,8-13H,1H3;4-10,12-13H,1-3H3;2-9H,1H3;3-7,9-12H,2H2,1H3;1-4H,(H,8,9);3*3,6H,1-2H3;;;;;/q5*-1;;;;;;;;;. The summed E-state index contributed by atoms with van der Waals surface area (Å²) in [6.45, 7) is 18.8. The van der Waals surface area contributed by atoms with Crippen molar-refractivity contribution in [1.82, 2.24) is 29.9 Å². The average molecular weight is 2730 g/mol. The van der Waals surface area contributed by atoms with Gasteiger partial charge in [-0.3, -0.25) is 39.3 Å². The number of pyridine rings is 6. The van der Waals surface area contributed by atoms with E-state index in [1.54, 1.807) is 38.3 Å². The number of allylic oxidation sites excluding steroid dienone is 6. The monoisotopic (exact) mass is 2740 g/mol.